The molecule has 2 aromatic carbocycles. The first-order valence-electron chi connectivity index (χ1n) is 7.61. The SMILES string of the molecule is CN1CCC(c2ccc(F)cc2)CC1Oc1cccc(F)c1F. The highest BCUT2D eigenvalue weighted by Crippen LogP contribution is 2.33. The van der Waals surface area contributed by atoms with Gasteiger partial charge in [-0.05, 0) is 49.2 Å². The summed E-state index contributed by atoms with van der Waals surface area (Å²) < 4.78 is 45.8. The van der Waals surface area contributed by atoms with E-state index < -0.39 is 11.6 Å². The summed E-state index contributed by atoms with van der Waals surface area (Å²) in [6, 6.07) is 10.3. The van der Waals surface area contributed by atoms with Gasteiger partial charge in [0.2, 0.25) is 5.82 Å². The van der Waals surface area contributed by atoms with Gasteiger partial charge in [0.25, 0.3) is 0 Å². The summed E-state index contributed by atoms with van der Waals surface area (Å²) in [6.07, 6.45) is 1.20. The average Bonchev–Trinajstić information content (AvgIpc) is 2.54. The molecule has 3 rings (SSSR count). The van der Waals surface area contributed by atoms with Gasteiger partial charge in [0.05, 0.1) is 0 Å². The van der Waals surface area contributed by atoms with Crippen LogP contribution in [0.3, 0.4) is 0 Å². The fourth-order valence-corrected chi connectivity index (χ4v) is 2.94. The van der Waals surface area contributed by atoms with Crippen molar-refractivity contribution < 1.29 is 17.9 Å². The maximum Gasteiger partial charge on any atom is 0.200 e. The van der Waals surface area contributed by atoms with Crippen molar-refractivity contribution in [2.24, 2.45) is 0 Å². The van der Waals surface area contributed by atoms with Gasteiger partial charge in [-0.25, -0.2) is 8.78 Å². The van der Waals surface area contributed by atoms with E-state index in [0.29, 0.717) is 6.42 Å². The fraction of sp³-hybridized carbons (Fsp3) is 0.333. The van der Waals surface area contributed by atoms with Crippen molar-refractivity contribution in [3.63, 3.8) is 0 Å². The van der Waals surface area contributed by atoms with Gasteiger partial charge in [-0.3, -0.25) is 4.90 Å². The number of rotatable bonds is 3. The van der Waals surface area contributed by atoms with Crippen LogP contribution in [0.4, 0.5) is 13.2 Å². The van der Waals surface area contributed by atoms with Gasteiger partial charge in [-0.15, -0.1) is 0 Å². The summed E-state index contributed by atoms with van der Waals surface area (Å²) in [5.74, 6) is -2.04. The number of benzene rings is 2. The number of likely N-dealkylation sites (tertiary alicyclic amines) is 1. The Bertz CT molecular complexity index is 674. The van der Waals surface area contributed by atoms with Crippen molar-refractivity contribution in [2.45, 2.75) is 25.0 Å². The molecule has 0 amide bonds. The second kappa shape index (κ2) is 6.62. The highest BCUT2D eigenvalue weighted by Gasteiger charge is 2.29. The molecule has 23 heavy (non-hydrogen) atoms. The normalized spacial score (nSPS) is 22.1. The Labute approximate surface area is 133 Å². The number of nitrogens with zero attached hydrogens (tertiary/aromatic N) is 1. The highest BCUT2D eigenvalue weighted by atomic mass is 19.2. The van der Waals surface area contributed by atoms with Crippen LogP contribution in [0.25, 0.3) is 0 Å². The van der Waals surface area contributed by atoms with Gasteiger partial charge < -0.3 is 4.74 Å². The number of halogens is 3. The van der Waals surface area contributed by atoms with Crippen molar-refractivity contribution in [3.8, 4) is 5.75 Å². The van der Waals surface area contributed by atoms with Crippen LogP contribution in [0, 0.1) is 17.5 Å². The number of hydrogen-bond acceptors (Lipinski definition) is 2. The molecule has 0 aromatic heterocycles. The molecule has 0 saturated carbocycles. The molecule has 1 heterocycles. The molecule has 0 radical (unpaired) electrons. The lowest BCUT2D eigenvalue weighted by molar-refractivity contribution is 0.00392. The molecule has 122 valence electrons. The minimum absolute atomic E-state index is 0.0818. The second-order valence-corrected chi connectivity index (χ2v) is 5.88. The third kappa shape index (κ3) is 3.50. The molecule has 0 aliphatic carbocycles. The van der Waals surface area contributed by atoms with Crippen molar-refractivity contribution in [2.75, 3.05) is 13.6 Å². The van der Waals surface area contributed by atoms with E-state index in [1.807, 2.05) is 11.9 Å². The Morgan fingerprint density at radius 1 is 1.04 bits per heavy atom. The first kappa shape index (κ1) is 15.9. The lowest BCUT2D eigenvalue weighted by atomic mass is 9.88. The van der Waals surface area contributed by atoms with Crippen molar-refractivity contribution >= 4 is 0 Å². The predicted octanol–water partition coefficient (Wildman–Crippen LogP) is 4.32. The summed E-state index contributed by atoms with van der Waals surface area (Å²) in [4.78, 5) is 1.98. The lowest BCUT2D eigenvalue weighted by Crippen LogP contribution is -2.43. The van der Waals surface area contributed by atoms with E-state index in [0.717, 1.165) is 24.6 Å². The van der Waals surface area contributed by atoms with E-state index >= 15 is 0 Å². The Balaban J connectivity index is 1.76. The zero-order chi connectivity index (χ0) is 16.4. The molecule has 2 atom stereocenters. The van der Waals surface area contributed by atoms with Crippen LogP contribution in [0.5, 0.6) is 5.75 Å². The molecule has 5 heteroatoms. The maximum atomic E-state index is 13.8. The summed E-state index contributed by atoms with van der Waals surface area (Å²) in [6.45, 7) is 0.768. The first-order chi connectivity index (χ1) is 11.0. The summed E-state index contributed by atoms with van der Waals surface area (Å²) in [7, 11) is 1.89. The molecular weight excluding hydrogens is 303 g/mol. The predicted molar refractivity (Wildman–Crippen MR) is 81.8 cm³/mol. The summed E-state index contributed by atoms with van der Waals surface area (Å²) in [5.41, 5.74) is 1.04. The van der Waals surface area contributed by atoms with Crippen LogP contribution in [0.2, 0.25) is 0 Å². The zero-order valence-corrected chi connectivity index (χ0v) is 12.8. The van der Waals surface area contributed by atoms with Crippen LogP contribution < -0.4 is 4.74 Å². The van der Waals surface area contributed by atoms with Gasteiger partial charge in [0.15, 0.2) is 17.8 Å². The second-order valence-electron chi connectivity index (χ2n) is 5.88. The van der Waals surface area contributed by atoms with Gasteiger partial charge >= 0.3 is 0 Å². The van der Waals surface area contributed by atoms with Crippen molar-refractivity contribution in [1.29, 1.82) is 0 Å². The van der Waals surface area contributed by atoms with E-state index in [4.69, 9.17) is 4.74 Å². The largest absolute Gasteiger partial charge is 0.472 e. The monoisotopic (exact) mass is 321 g/mol. The Morgan fingerprint density at radius 3 is 2.52 bits per heavy atom. The number of ether oxygens (including phenoxy) is 1. The summed E-state index contributed by atoms with van der Waals surface area (Å²) in [5, 5.41) is 0. The van der Waals surface area contributed by atoms with E-state index in [-0.39, 0.29) is 23.7 Å². The van der Waals surface area contributed by atoms with Gasteiger partial charge in [0, 0.05) is 13.0 Å². The molecule has 1 aliphatic heterocycles. The minimum Gasteiger partial charge on any atom is -0.472 e. The zero-order valence-electron chi connectivity index (χ0n) is 12.8. The molecule has 0 bridgehead atoms. The number of hydrogen-bond donors (Lipinski definition) is 0. The van der Waals surface area contributed by atoms with Gasteiger partial charge in [0.1, 0.15) is 5.82 Å². The van der Waals surface area contributed by atoms with E-state index in [2.05, 4.69) is 0 Å². The Hall–Kier alpha value is -2.01. The minimum atomic E-state index is -0.968. The van der Waals surface area contributed by atoms with Crippen LogP contribution in [0.15, 0.2) is 42.5 Å². The molecule has 0 spiro atoms. The molecule has 1 fully saturated rings. The van der Waals surface area contributed by atoms with Crippen LogP contribution >= 0.6 is 0 Å². The van der Waals surface area contributed by atoms with Gasteiger partial charge in [-0.1, -0.05) is 18.2 Å². The van der Waals surface area contributed by atoms with Crippen LogP contribution in [-0.2, 0) is 0 Å². The highest BCUT2D eigenvalue weighted by molar-refractivity contribution is 5.26. The molecule has 2 aromatic rings. The molecule has 1 saturated heterocycles. The third-order valence-electron chi connectivity index (χ3n) is 4.33. The average molecular weight is 321 g/mol. The molecule has 2 nitrogen and oxygen atoms in total. The Kier molecular flexibility index (Phi) is 4.57. The fourth-order valence-electron chi connectivity index (χ4n) is 2.94. The lowest BCUT2D eigenvalue weighted by Gasteiger charge is -2.37. The van der Waals surface area contributed by atoms with E-state index in [1.54, 1.807) is 12.1 Å². The maximum absolute atomic E-state index is 13.8. The molecular formula is C18H18F3NO. The van der Waals surface area contributed by atoms with Crippen molar-refractivity contribution in [1.82, 2.24) is 4.90 Å². The molecule has 1 aliphatic rings. The van der Waals surface area contributed by atoms with E-state index in [1.165, 1.54) is 24.3 Å². The molecule has 2 unspecified atom stereocenters. The van der Waals surface area contributed by atoms with Gasteiger partial charge in [-0.2, -0.15) is 4.39 Å². The van der Waals surface area contributed by atoms with E-state index in [9.17, 15) is 13.2 Å². The Morgan fingerprint density at radius 2 is 1.78 bits per heavy atom. The van der Waals surface area contributed by atoms with Crippen LogP contribution in [0.1, 0.15) is 24.3 Å². The number of piperidine rings is 1. The molecule has 0 N–H and O–H groups in total. The topological polar surface area (TPSA) is 12.5 Å². The third-order valence-corrected chi connectivity index (χ3v) is 4.33. The first-order valence-corrected chi connectivity index (χ1v) is 7.61. The smallest absolute Gasteiger partial charge is 0.200 e. The van der Waals surface area contributed by atoms with Crippen LogP contribution in [-0.4, -0.2) is 24.7 Å². The quantitative estimate of drug-likeness (QED) is 0.835. The standard InChI is InChI=1S/C18H18F3NO/c1-22-10-9-13(12-5-7-14(19)8-6-12)11-17(22)23-16-4-2-3-15(20)18(16)21/h2-8,13,17H,9-11H2,1H3. The van der Waals surface area contributed by atoms with Crippen molar-refractivity contribution in [3.05, 3.63) is 65.5 Å². The summed E-state index contributed by atoms with van der Waals surface area (Å²) >= 11 is 0.